The van der Waals surface area contributed by atoms with Crippen LogP contribution in [0.25, 0.3) is 0 Å². The summed E-state index contributed by atoms with van der Waals surface area (Å²) in [6, 6.07) is 0. The summed E-state index contributed by atoms with van der Waals surface area (Å²) in [4.78, 5) is 11.1. The standard InChI is InChI=1S/C9H14O3/c10-8-2-4-12-9(5-8)7-1-3-11-6-7/h7,9H,1-6H2/t7?,9-/m1/s1. The average molecular weight is 170 g/mol. The lowest BCUT2D eigenvalue weighted by Gasteiger charge is -2.25. The van der Waals surface area contributed by atoms with E-state index in [0.717, 1.165) is 19.6 Å². The molecule has 0 aliphatic carbocycles. The number of hydrogen-bond acceptors (Lipinski definition) is 3. The Bertz CT molecular complexity index is 173. The Morgan fingerprint density at radius 1 is 1.33 bits per heavy atom. The first-order valence-corrected chi connectivity index (χ1v) is 4.57. The minimum Gasteiger partial charge on any atom is -0.381 e. The summed E-state index contributed by atoms with van der Waals surface area (Å²) in [7, 11) is 0. The van der Waals surface area contributed by atoms with Crippen molar-refractivity contribution in [2.75, 3.05) is 19.8 Å². The van der Waals surface area contributed by atoms with Gasteiger partial charge in [0.15, 0.2) is 0 Å². The molecule has 68 valence electrons. The topological polar surface area (TPSA) is 35.5 Å². The number of ether oxygens (including phenoxy) is 2. The van der Waals surface area contributed by atoms with Gasteiger partial charge in [-0.15, -0.1) is 0 Å². The van der Waals surface area contributed by atoms with Crippen LogP contribution in [0.5, 0.6) is 0 Å². The van der Waals surface area contributed by atoms with Gasteiger partial charge in [0.25, 0.3) is 0 Å². The molecule has 0 N–H and O–H groups in total. The summed E-state index contributed by atoms with van der Waals surface area (Å²) in [5, 5.41) is 0. The first kappa shape index (κ1) is 8.20. The van der Waals surface area contributed by atoms with Gasteiger partial charge in [0.05, 0.1) is 19.3 Å². The molecule has 1 unspecified atom stereocenters. The highest BCUT2D eigenvalue weighted by Gasteiger charge is 2.30. The van der Waals surface area contributed by atoms with Gasteiger partial charge in [-0.2, -0.15) is 0 Å². The number of Topliss-reactive ketones (excluding diaryl/α,β-unsaturated/α-hetero) is 1. The van der Waals surface area contributed by atoms with Gasteiger partial charge in [0.2, 0.25) is 0 Å². The number of carbonyl (C=O) groups is 1. The Balaban J connectivity index is 1.89. The molecule has 2 rings (SSSR count). The molecule has 3 heteroatoms. The fourth-order valence-electron chi connectivity index (χ4n) is 1.86. The van der Waals surface area contributed by atoms with E-state index in [9.17, 15) is 4.79 Å². The molecule has 0 aromatic heterocycles. The summed E-state index contributed by atoms with van der Waals surface area (Å²) < 4.78 is 10.8. The zero-order valence-corrected chi connectivity index (χ0v) is 7.12. The maximum atomic E-state index is 11.1. The van der Waals surface area contributed by atoms with Crippen LogP contribution in [0.1, 0.15) is 19.3 Å². The number of carbonyl (C=O) groups excluding carboxylic acids is 1. The van der Waals surface area contributed by atoms with Gasteiger partial charge in [0.1, 0.15) is 5.78 Å². The molecular formula is C9H14O3. The molecular weight excluding hydrogens is 156 g/mol. The Hall–Kier alpha value is -0.410. The van der Waals surface area contributed by atoms with Crippen molar-refractivity contribution in [3.8, 4) is 0 Å². The van der Waals surface area contributed by atoms with Crippen molar-refractivity contribution in [3.05, 3.63) is 0 Å². The number of rotatable bonds is 1. The van der Waals surface area contributed by atoms with Crippen LogP contribution in [0.3, 0.4) is 0 Å². The molecule has 2 heterocycles. The summed E-state index contributed by atoms with van der Waals surface area (Å²) >= 11 is 0. The minimum atomic E-state index is 0.147. The normalized spacial score (nSPS) is 37.2. The van der Waals surface area contributed by atoms with Crippen molar-refractivity contribution in [2.24, 2.45) is 5.92 Å². The van der Waals surface area contributed by atoms with Crippen molar-refractivity contribution in [1.82, 2.24) is 0 Å². The van der Waals surface area contributed by atoms with E-state index in [2.05, 4.69) is 0 Å². The second kappa shape index (κ2) is 3.54. The summed E-state index contributed by atoms with van der Waals surface area (Å²) in [6.07, 6.45) is 2.41. The molecule has 3 nitrogen and oxygen atoms in total. The number of ketones is 1. The highest BCUT2D eigenvalue weighted by Crippen LogP contribution is 2.24. The van der Waals surface area contributed by atoms with Crippen LogP contribution >= 0.6 is 0 Å². The second-order valence-corrected chi connectivity index (χ2v) is 3.53. The fraction of sp³-hybridized carbons (Fsp3) is 0.889. The lowest BCUT2D eigenvalue weighted by molar-refractivity contribution is -0.130. The Morgan fingerprint density at radius 3 is 2.92 bits per heavy atom. The van der Waals surface area contributed by atoms with Crippen LogP contribution in [-0.2, 0) is 14.3 Å². The lowest BCUT2D eigenvalue weighted by Crippen LogP contribution is -2.32. The highest BCUT2D eigenvalue weighted by atomic mass is 16.5. The molecule has 2 fully saturated rings. The molecule has 2 atom stereocenters. The van der Waals surface area contributed by atoms with E-state index in [-0.39, 0.29) is 6.10 Å². The molecule has 0 amide bonds. The largest absolute Gasteiger partial charge is 0.381 e. The van der Waals surface area contributed by atoms with E-state index in [4.69, 9.17) is 9.47 Å². The van der Waals surface area contributed by atoms with Crippen LogP contribution in [-0.4, -0.2) is 31.7 Å². The average Bonchev–Trinajstić information content (AvgIpc) is 2.56. The van der Waals surface area contributed by atoms with Crippen molar-refractivity contribution in [1.29, 1.82) is 0 Å². The van der Waals surface area contributed by atoms with Crippen molar-refractivity contribution in [2.45, 2.75) is 25.4 Å². The highest BCUT2D eigenvalue weighted by molar-refractivity contribution is 5.79. The van der Waals surface area contributed by atoms with Crippen LogP contribution in [0.2, 0.25) is 0 Å². The smallest absolute Gasteiger partial charge is 0.137 e. The van der Waals surface area contributed by atoms with E-state index in [1.165, 1.54) is 0 Å². The number of hydrogen-bond donors (Lipinski definition) is 0. The van der Waals surface area contributed by atoms with Gasteiger partial charge in [-0.1, -0.05) is 0 Å². The SMILES string of the molecule is O=C1CCO[C@@H](C2CCOC2)C1. The molecule has 0 aromatic carbocycles. The Morgan fingerprint density at radius 2 is 2.25 bits per heavy atom. The molecule has 2 aliphatic rings. The fourth-order valence-corrected chi connectivity index (χ4v) is 1.86. The predicted octanol–water partition coefficient (Wildman–Crippen LogP) is 0.771. The van der Waals surface area contributed by atoms with Crippen molar-refractivity contribution >= 4 is 5.78 Å². The lowest BCUT2D eigenvalue weighted by atomic mass is 9.94. The zero-order chi connectivity index (χ0) is 8.39. The molecule has 0 aromatic rings. The van der Waals surface area contributed by atoms with Gasteiger partial charge >= 0.3 is 0 Å². The molecule has 0 spiro atoms. The zero-order valence-electron chi connectivity index (χ0n) is 7.12. The van der Waals surface area contributed by atoms with Gasteiger partial charge < -0.3 is 9.47 Å². The molecule has 0 bridgehead atoms. The Labute approximate surface area is 72.0 Å². The maximum Gasteiger partial charge on any atom is 0.137 e. The van der Waals surface area contributed by atoms with Gasteiger partial charge in [-0.25, -0.2) is 0 Å². The maximum absolute atomic E-state index is 11.1. The molecule has 12 heavy (non-hydrogen) atoms. The van der Waals surface area contributed by atoms with Gasteiger partial charge in [-0.3, -0.25) is 4.79 Å². The summed E-state index contributed by atoms with van der Waals surface area (Å²) in [6.45, 7) is 2.22. The van der Waals surface area contributed by atoms with E-state index < -0.39 is 0 Å². The molecule has 2 saturated heterocycles. The minimum absolute atomic E-state index is 0.147. The third-order valence-electron chi connectivity index (χ3n) is 2.63. The summed E-state index contributed by atoms with van der Waals surface area (Å²) in [5.41, 5.74) is 0. The van der Waals surface area contributed by atoms with E-state index in [1.54, 1.807) is 0 Å². The van der Waals surface area contributed by atoms with Gasteiger partial charge in [-0.05, 0) is 6.42 Å². The van der Waals surface area contributed by atoms with Crippen LogP contribution in [0.4, 0.5) is 0 Å². The molecule has 2 aliphatic heterocycles. The third-order valence-corrected chi connectivity index (χ3v) is 2.63. The predicted molar refractivity (Wildman–Crippen MR) is 42.9 cm³/mol. The monoisotopic (exact) mass is 170 g/mol. The van der Waals surface area contributed by atoms with Crippen LogP contribution in [0.15, 0.2) is 0 Å². The third kappa shape index (κ3) is 1.67. The van der Waals surface area contributed by atoms with Crippen LogP contribution in [0, 0.1) is 5.92 Å². The van der Waals surface area contributed by atoms with E-state index in [1.807, 2.05) is 0 Å². The van der Waals surface area contributed by atoms with E-state index in [0.29, 0.717) is 31.1 Å². The first-order chi connectivity index (χ1) is 5.86. The van der Waals surface area contributed by atoms with Crippen molar-refractivity contribution < 1.29 is 14.3 Å². The molecule has 0 saturated carbocycles. The van der Waals surface area contributed by atoms with Crippen molar-refractivity contribution in [3.63, 3.8) is 0 Å². The quantitative estimate of drug-likeness (QED) is 0.583. The van der Waals surface area contributed by atoms with E-state index >= 15 is 0 Å². The van der Waals surface area contributed by atoms with Gasteiger partial charge in [0, 0.05) is 25.4 Å². The molecule has 0 radical (unpaired) electrons. The second-order valence-electron chi connectivity index (χ2n) is 3.53. The summed E-state index contributed by atoms with van der Waals surface area (Å²) in [5.74, 6) is 0.812. The Kier molecular flexibility index (Phi) is 2.42. The first-order valence-electron chi connectivity index (χ1n) is 4.57. The van der Waals surface area contributed by atoms with Crippen LogP contribution < -0.4 is 0 Å².